The first-order valence-corrected chi connectivity index (χ1v) is 6.17. The van der Waals surface area contributed by atoms with E-state index < -0.39 is 0 Å². The molecule has 0 fully saturated rings. The third-order valence-electron chi connectivity index (χ3n) is 2.92. The normalized spacial score (nSPS) is 11.5. The maximum atomic E-state index is 12.2. The second kappa shape index (κ2) is 6.64. The SMILES string of the molecule is CCOc1ccc(C(=O)N(C)C(C)CC#N)cc1N. The summed E-state index contributed by atoms with van der Waals surface area (Å²) in [6, 6.07) is 6.89. The van der Waals surface area contributed by atoms with E-state index in [1.54, 1.807) is 30.1 Å². The number of nitrogens with two attached hydrogens (primary N) is 1. The van der Waals surface area contributed by atoms with Gasteiger partial charge in [0.2, 0.25) is 0 Å². The molecule has 0 saturated heterocycles. The fraction of sp³-hybridized carbons (Fsp3) is 0.429. The number of nitrogens with zero attached hydrogens (tertiary/aromatic N) is 2. The standard InChI is InChI=1S/C14H19N3O2/c1-4-19-13-6-5-11(9-12(13)16)14(18)17(3)10(2)7-8-15/h5-6,9-10H,4,7,16H2,1-3H3. The summed E-state index contributed by atoms with van der Waals surface area (Å²) >= 11 is 0. The van der Waals surface area contributed by atoms with Crippen molar-refractivity contribution in [3.63, 3.8) is 0 Å². The van der Waals surface area contributed by atoms with Crippen LogP contribution in [0.2, 0.25) is 0 Å². The Bertz CT molecular complexity index is 494. The van der Waals surface area contributed by atoms with E-state index >= 15 is 0 Å². The molecule has 1 atom stereocenters. The van der Waals surface area contributed by atoms with Crippen LogP contribution in [0.1, 0.15) is 30.6 Å². The fourth-order valence-corrected chi connectivity index (χ4v) is 1.64. The number of ether oxygens (including phenoxy) is 1. The second-order valence-corrected chi connectivity index (χ2v) is 4.31. The van der Waals surface area contributed by atoms with Crippen molar-refractivity contribution < 1.29 is 9.53 Å². The summed E-state index contributed by atoms with van der Waals surface area (Å²) in [5.41, 5.74) is 6.76. The molecule has 5 nitrogen and oxygen atoms in total. The van der Waals surface area contributed by atoms with Gasteiger partial charge in [-0.05, 0) is 32.0 Å². The average Bonchev–Trinajstić information content (AvgIpc) is 2.40. The molecule has 0 heterocycles. The number of carbonyl (C=O) groups excluding carboxylic acids is 1. The lowest BCUT2D eigenvalue weighted by Crippen LogP contribution is -2.34. The van der Waals surface area contributed by atoms with Crippen molar-refractivity contribution in [3.8, 4) is 11.8 Å². The summed E-state index contributed by atoms with van der Waals surface area (Å²) < 4.78 is 5.32. The van der Waals surface area contributed by atoms with Crippen molar-refractivity contribution in [1.29, 1.82) is 5.26 Å². The molecule has 0 aromatic heterocycles. The number of hydrogen-bond donors (Lipinski definition) is 1. The van der Waals surface area contributed by atoms with Gasteiger partial charge in [-0.1, -0.05) is 0 Å². The van der Waals surface area contributed by atoms with Gasteiger partial charge in [-0.2, -0.15) is 5.26 Å². The van der Waals surface area contributed by atoms with E-state index in [2.05, 4.69) is 6.07 Å². The highest BCUT2D eigenvalue weighted by atomic mass is 16.5. The van der Waals surface area contributed by atoms with E-state index in [0.717, 1.165) is 0 Å². The number of nitrogen functional groups attached to an aromatic ring is 1. The number of carbonyl (C=O) groups is 1. The lowest BCUT2D eigenvalue weighted by molar-refractivity contribution is 0.0746. The molecule has 0 radical (unpaired) electrons. The van der Waals surface area contributed by atoms with Gasteiger partial charge in [-0.15, -0.1) is 0 Å². The Balaban J connectivity index is 2.89. The predicted molar refractivity (Wildman–Crippen MR) is 73.8 cm³/mol. The van der Waals surface area contributed by atoms with Crippen molar-refractivity contribution >= 4 is 11.6 Å². The molecular formula is C14H19N3O2. The van der Waals surface area contributed by atoms with Crippen LogP contribution in [0.15, 0.2) is 18.2 Å². The summed E-state index contributed by atoms with van der Waals surface area (Å²) in [6.07, 6.45) is 0.300. The number of hydrogen-bond acceptors (Lipinski definition) is 4. The highest BCUT2D eigenvalue weighted by Crippen LogP contribution is 2.23. The Morgan fingerprint density at radius 2 is 2.26 bits per heavy atom. The highest BCUT2D eigenvalue weighted by molar-refractivity contribution is 5.95. The molecular weight excluding hydrogens is 242 g/mol. The van der Waals surface area contributed by atoms with Crippen LogP contribution in [-0.4, -0.2) is 30.5 Å². The van der Waals surface area contributed by atoms with Crippen LogP contribution in [0.3, 0.4) is 0 Å². The second-order valence-electron chi connectivity index (χ2n) is 4.31. The van der Waals surface area contributed by atoms with Gasteiger partial charge in [0.05, 0.1) is 24.8 Å². The molecule has 1 aromatic carbocycles. The van der Waals surface area contributed by atoms with Gasteiger partial charge in [0.1, 0.15) is 5.75 Å². The van der Waals surface area contributed by atoms with Crippen LogP contribution < -0.4 is 10.5 Å². The van der Waals surface area contributed by atoms with Gasteiger partial charge in [-0.3, -0.25) is 4.79 Å². The van der Waals surface area contributed by atoms with E-state index in [1.165, 1.54) is 0 Å². The number of amides is 1. The van der Waals surface area contributed by atoms with Crippen molar-refractivity contribution in [2.45, 2.75) is 26.3 Å². The quantitative estimate of drug-likeness (QED) is 0.822. The highest BCUT2D eigenvalue weighted by Gasteiger charge is 2.18. The first-order valence-electron chi connectivity index (χ1n) is 6.17. The number of benzene rings is 1. The van der Waals surface area contributed by atoms with E-state index in [4.69, 9.17) is 15.7 Å². The Labute approximate surface area is 113 Å². The monoisotopic (exact) mass is 261 g/mol. The van der Waals surface area contributed by atoms with Gasteiger partial charge in [0.25, 0.3) is 5.91 Å². The van der Waals surface area contributed by atoms with Gasteiger partial charge in [-0.25, -0.2) is 0 Å². The first kappa shape index (κ1) is 14.8. The molecule has 19 heavy (non-hydrogen) atoms. The van der Waals surface area contributed by atoms with E-state index in [9.17, 15) is 4.79 Å². The van der Waals surface area contributed by atoms with Gasteiger partial charge < -0.3 is 15.4 Å². The minimum atomic E-state index is -0.155. The Kier molecular flexibility index (Phi) is 5.19. The van der Waals surface area contributed by atoms with Crippen molar-refractivity contribution in [2.75, 3.05) is 19.4 Å². The Morgan fingerprint density at radius 3 is 2.79 bits per heavy atom. The van der Waals surface area contributed by atoms with Crippen LogP contribution in [0.25, 0.3) is 0 Å². The topological polar surface area (TPSA) is 79.3 Å². The van der Waals surface area contributed by atoms with Crippen molar-refractivity contribution in [1.82, 2.24) is 4.90 Å². The number of anilines is 1. The minimum absolute atomic E-state index is 0.134. The third-order valence-corrected chi connectivity index (χ3v) is 2.92. The molecule has 0 bridgehead atoms. The van der Waals surface area contributed by atoms with Crippen LogP contribution in [0.5, 0.6) is 5.75 Å². The molecule has 0 aliphatic carbocycles. The maximum absolute atomic E-state index is 12.2. The molecule has 0 aliphatic heterocycles. The van der Waals surface area contributed by atoms with E-state index in [0.29, 0.717) is 30.0 Å². The van der Waals surface area contributed by atoms with Crippen molar-refractivity contribution in [2.24, 2.45) is 0 Å². The molecule has 1 rings (SSSR count). The Morgan fingerprint density at radius 1 is 1.58 bits per heavy atom. The fourth-order valence-electron chi connectivity index (χ4n) is 1.64. The molecule has 102 valence electrons. The minimum Gasteiger partial charge on any atom is -0.492 e. The first-order chi connectivity index (χ1) is 9.01. The van der Waals surface area contributed by atoms with Crippen LogP contribution in [0, 0.1) is 11.3 Å². The lowest BCUT2D eigenvalue weighted by Gasteiger charge is -2.23. The van der Waals surface area contributed by atoms with Gasteiger partial charge >= 0.3 is 0 Å². The summed E-state index contributed by atoms with van der Waals surface area (Å²) in [5.74, 6) is 0.421. The van der Waals surface area contributed by atoms with Crippen LogP contribution >= 0.6 is 0 Å². The predicted octanol–water partition coefficient (Wildman–Crippen LogP) is 2.04. The molecule has 0 spiro atoms. The molecule has 0 aliphatic rings. The molecule has 1 unspecified atom stereocenters. The third kappa shape index (κ3) is 3.62. The summed E-state index contributed by atoms with van der Waals surface area (Å²) in [4.78, 5) is 13.7. The molecule has 1 aromatic rings. The number of rotatable bonds is 5. The largest absolute Gasteiger partial charge is 0.492 e. The zero-order chi connectivity index (χ0) is 14.4. The van der Waals surface area contributed by atoms with E-state index in [1.807, 2.05) is 13.8 Å². The molecule has 1 amide bonds. The summed E-state index contributed by atoms with van der Waals surface area (Å²) in [7, 11) is 1.68. The Hall–Kier alpha value is -2.22. The average molecular weight is 261 g/mol. The molecule has 2 N–H and O–H groups in total. The smallest absolute Gasteiger partial charge is 0.253 e. The summed E-state index contributed by atoms with van der Waals surface area (Å²) in [6.45, 7) is 4.23. The molecule has 5 heteroatoms. The maximum Gasteiger partial charge on any atom is 0.253 e. The molecule has 0 saturated carbocycles. The van der Waals surface area contributed by atoms with E-state index in [-0.39, 0.29) is 11.9 Å². The number of nitriles is 1. The lowest BCUT2D eigenvalue weighted by atomic mass is 10.1. The van der Waals surface area contributed by atoms with Crippen LogP contribution in [0.4, 0.5) is 5.69 Å². The zero-order valence-electron chi connectivity index (χ0n) is 11.5. The van der Waals surface area contributed by atoms with Crippen molar-refractivity contribution in [3.05, 3.63) is 23.8 Å². The summed E-state index contributed by atoms with van der Waals surface area (Å²) in [5, 5.41) is 8.65. The zero-order valence-corrected chi connectivity index (χ0v) is 11.5. The van der Waals surface area contributed by atoms with Gasteiger partial charge in [0.15, 0.2) is 0 Å². The van der Waals surface area contributed by atoms with Gasteiger partial charge in [0, 0.05) is 18.7 Å². The van der Waals surface area contributed by atoms with Crippen LogP contribution in [-0.2, 0) is 0 Å².